The summed E-state index contributed by atoms with van der Waals surface area (Å²) in [5.41, 5.74) is 5.48. The van der Waals surface area contributed by atoms with E-state index in [0.29, 0.717) is 19.1 Å². The Morgan fingerprint density at radius 1 is 1.56 bits per heavy atom. The highest BCUT2D eigenvalue weighted by Crippen LogP contribution is 2.34. The van der Waals surface area contributed by atoms with Crippen molar-refractivity contribution in [3.8, 4) is 0 Å². The quantitative estimate of drug-likeness (QED) is 0.745. The van der Waals surface area contributed by atoms with Crippen molar-refractivity contribution < 1.29 is 9.53 Å². The molecule has 0 aromatic carbocycles. The highest BCUT2D eigenvalue weighted by molar-refractivity contribution is 5.85. The first kappa shape index (κ1) is 17.7. The molecule has 0 bridgehead atoms. The van der Waals surface area contributed by atoms with Crippen LogP contribution in [0.1, 0.15) is 40.5 Å². The zero-order chi connectivity index (χ0) is 13.1. The van der Waals surface area contributed by atoms with Gasteiger partial charge in [0.15, 0.2) is 0 Å². The summed E-state index contributed by atoms with van der Waals surface area (Å²) in [6.07, 6.45) is 1.88. The number of hydrogen-bond donors (Lipinski definition) is 2. The Kier molecular flexibility index (Phi) is 7.18. The predicted octanol–water partition coefficient (Wildman–Crippen LogP) is 1.71. The van der Waals surface area contributed by atoms with Crippen LogP contribution in [0.2, 0.25) is 0 Å². The van der Waals surface area contributed by atoms with E-state index in [1.165, 1.54) is 0 Å². The van der Waals surface area contributed by atoms with Crippen LogP contribution in [-0.4, -0.2) is 30.7 Å². The molecule has 1 saturated carbocycles. The lowest BCUT2D eigenvalue weighted by Gasteiger charge is -2.31. The number of nitrogens with two attached hydrogens (primary N) is 1. The summed E-state index contributed by atoms with van der Waals surface area (Å²) in [7, 11) is 0. The number of amides is 1. The van der Waals surface area contributed by atoms with Crippen LogP contribution in [0.15, 0.2) is 0 Å². The Labute approximate surface area is 116 Å². The average molecular weight is 279 g/mol. The van der Waals surface area contributed by atoms with Gasteiger partial charge in [-0.1, -0.05) is 13.8 Å². The van der Waals surface area contributed by atoms with E-state index in [1.54, 1.807) is 0 Å². The summed E-state index contributed by atoms with van der Waals surface area (Å²) >= 11 is 0. The lowest BCUT2D eigenvalue weighted by molar-refractivity contribution is -0.125. The number of nitrogens with one attached hydrogen (secondary N) is 1. The molecule has 3 unspecified atom stereocenters. The molecule has 3 N–H and O–H groups in total. The van der Waals surface area contributed by atoms with E-state index in [0.717, 1.165) is 12.8 Å². The summed E-state index contributed by atoms with van der Waals surface area (Å²) < 4.78 is 5.42. The van der Waals surface area contributed by atoms with Crippen LogP contribution in [0.4, 0.5) is 0 Å². The van der Waals surface area contributed by atoms with Gasteiger partial charge in [0.2, 0.25) is 5.91 Å². The number of ether oxygens (including phenoxy) is 1. The predicted molar refractivity (Wildman–Crippen MR) is 75.8 cm³/mol. The second-order valence-electron chi connectivity index (χ2n) is 5.69. The monoisotopic (exact) mass is 278 g/mol. The number of halogens is 1. The largest absolute Gasteiger partial charge is 0.378 e. The third kappa shape index (κ3) is 5.12. The van der Waals surface area contributed by atoms with Gasteiger partial charge < -0.3 is 15.8 Å². The normalized spacial score (nSPS) is 25.2. The van der Waals surface area contributed by atoms with Crippen LogP contribution in [-0.2, 0) is 9.53 Å². The molecule has 1 aliphatic rings. The SMILES string of the molecule is CCOC1CC1C(=O)NC(C)(CN)CC(C)C.Cl. The molecule has 0 aromatic rings. The molecule has 0 aromatic heterocycles. The zero-order valence-corrected chi connectivity index (χ0v) is 12.7. The van der Waals surface area contributed by atoms with Crippen LogP contribution in [0.3, 0.4) is 0 Å². The minimum atomic E-state index is -0.287. The standard InChI is InChI=1S/C13H26N2O2.ClH/c1-5-17-11-6-10(11)12(16)15-13(4,8-14)7-9(2)3;/h9-11H,5-8,14H2,1-4H3,(H,15,16);1H. The highest BCUT2D eigenvalue weighted by atomic mass is 35.5. The first-order chi connectivity index (χ1) is 7.91. The molecule has 18 heavy (non-hydrogen) atoms. The van der Waals surface area contributed by atoms with E-state index in [4.69, 9.17) is 10.5 Å². The van der Waals surface area contributed by atoms with Crippen LogP contribution in [0.25, 0.3) is 0 Å². The van der Waals surface area contributed by atoms with Crippen molar-refractivity contribution in [1.82, 2.24) is 5.32 Å². The third-order valence-electron chi connectivity index (χ3n) is 3.18. The summed E-state index contributed by atoms with van der Waals surface area (Å²) in [6, 6.07) is 0. The smallest absolute Gasteiger partial charge is 0.226 e. The molecule has 1 rings (SSSR count). The molecule has 0 spiro atoms. The van der Waals surface area contributed by atoms with Crippen molar-refractivity contribution in [3.05, 3.63) is 0 Å². The van der Waals surface area contributed by atoms with Crippen molar-refractivity contribution in [2.75, 3.05) is 13.2 Å². The summed E-state index contributed by atoms with van der Waals surface area (Å²) in [5, 5.41) is 3.08. The Morgan fingerprint density at radius 2 is 2.17 bits per heavy atom. The van der Waals surface area contributed by atoms with E-state index in [1.807, 2.05) is 13.8 Å². The lowest BCUT2D eigenvalue weighted by atomic mass is 9.90. The van der Waals surface area contributed by atoms with Crippen LogP contribution < -0.4 is 11.1 Å². The molecular weight excluding hydrogens is 252 g/mol. The molecular formula is C13H27ClN2O2. The number of rotatable bonds is 7. The van der Waals surface area contributed by atoms with E-state index >= 15 is 0 Å². The fraction of sp³-hybridized carbons (Fsp3) is 0.923. The molecule has 5 heteroatoms. The van der Waals surface area contributed by atoms with Gasteiger partial charge in [0, 0.05) is 18.7 Å². The zero-order valence-electron chi connectivity index (χ0n) is 11.9. The van der Waals surface area contributed by atoms with Gasteiger partial charge in [-0.3, -0.25) is 4.79 Å². The molecule has 1 amide bonds. The van der Waals surface area contributed by atoms with Gasteiger partial charge in [0.05, 0.1) is 12.0 Å². The highest BCUT2D eigenvalue weighted by Gasteiger charge is 2.45. The summed E-state index contributed by atoms with van der Waals surface area (Å²) in [4.78, 5) is 12.0. The molecule has 0 aliphatic heterocycles. The van der Waals surface area contributed by atoms with Crippen molar-refractivity contribution in [2.45, 2.75) is 52.2 Å². The lowest BCUT2D eigenvalue weighted by Crippen LogP contribution is -2.52. The maximum Gasteiger partial charge on any atom is 0.226 e. The van der Waals surface area contributed by atoms with Gasteiger partial charge in [-0.05, 0) is 32.6 Å². The molecule has 4 nitrogen and oxygen atoms in total. The molecule has 1 aliphatic carbocycles. The van der Waals surface area contributed by atoms with Crippen molar-refractivity contribution in [3.63, 3.8) is 0 Å². The van der Waals surface area contributed by atoms with Gasteiger partial charge in [-0.15, -0.1) is 12.4 Å². The van der Waals surface area contributed by atoms with Crippen molar-refractivity contribution in [2.24, 2.45) is 17.6 Å². The summed E-state index contributed by atoms with van der Waals surface area (Å²) in [5.74, 6) is 0.649. The molecule has 0 saturated heterocycles. The van der Waals surface area contributed by atoms with Crippen molar-refractivity contribution >= 4 is 18.3 Å². The first-order valence-electron chi connectivity index (χ1n) is 6.55. The Bertz CT molecular complexity index is 274. The van der Waals surface area contributed by atoms with Gasteiger partial charge in [0.25, 0.3) is 0 Å². The fourth-order valence-electron chi connectivity index (χ4n) is 2.32. The molecule has 0 heterocycles. The number of carbonyl (C=O) groups is 1. The average Bonchev–Trinajstić information content (AvgIpc) is 2.96. The topological polar surface area (TPSA) is 64.3 Å². The minimum absolute atomic E-state index is 0. The van der Waals surface area contributed by atoms with Crippen molar-refractivity contribution in [1.29, 1.82) is 0 Å². The second-order valence-corrected chi connectivity index (χ2v) is 5.69. The second kappa shape index (κ2) is 7.31. The number of hydrogen-bond acceptors (Lipinski definition) is 3. The molecule has 1 fully saturated rings. The Hall–Kier alpha value is -0.320. The van der Waals surface area contributed by atoms with Crippen LogP contribution in [0.5, 0.6) is 0 Å². The van der Waals surface area contributed by atoms with Gasteiger partial charge in [-0.25, -0.2) is 0 Å². The molecule has 108 valence electrons. The maximum atomic E-state index is 12.0. The maximum absolute atomic E-state index is 12.0. The third-order valence-corrected chi connectivity index (χ3v) is 3.18. The van der Waals surface area contributed by atoms with Gasteiger partial charge in [0.1, 0.15) is 0 Å². The van der Waals surface area contributed by atoms with Crippen LogP contribution in [0, 0.1) is 11.8 Å². The fourth-order valence-corrected chi connectivity index (χ4v) is 2.32. The minimum Gasteiger partial charge on any atom is -0.378 e. The first-order valence-corrected chi connectivity index (χ1v) is 6.55. The number of carbonyl (C=O) groups excluding carboxylic acids is 1. The van der Waals surface area contributed by atoms with Gasteiger partial charge >= 0.3 is 0 Å². The summed E-state index contributed by atoms with van der Waals surface area (Å²) in [6.45, 7) is 9.40. The van der Waals surface area contributed by atoms with Crippen LogP contribution >= 0.6 is 12.4 Å². The van der Waals surface area contributed by atoms with E-state index in [-0.39, 0.29) is 35.9 Å². The molecule has 0 radical (unpaired) electrons. The van der Waals surface area contributed by atoms with Gasteiger partial charge in [-0.2, -0.15) is 0 Å². The Morgan fingerprint density at radius 3 is 2.61 bits per heavy atom. The van der Waals surface area contributed by atoms with E-state index in [9.17, 15) is 4.79 Å². The van der Waals surface area contributed by atoms with E-state index in [2.05, 4.69) is 19.2 Å². The Balaban J connectivity index is 0.00000289. The van der Waals surface area contributed by atoms with E-state index < -0.39 is 0 Å². The molecule has 3 atom stereocenters.